The molecule has 0 atom stereocenters. The molecule has 0 radical (unpaired) electrons. The van der Waals surface area contributed by atoms with E-state index in [1.54, 1.807) is 12.1 Å². The summed E-state index contributed by atoms with van der Waals surface area (Å²) in [5.41, 5.74) is 3.18. The van der Waals surface area contributed by atoms with Crippen LogP contribution >= 0.6 is 0 Å². The van der Waals surface area contributed by atoms with Crippen molar-refractivity contribution < 1.29 is 18.7 Å². The molecule has 1 aromatic heterocycles. The summed E-state index contributed by atoms with van der Waals surface area (Å²) >= 11 is 0. The van der Waals surface area contributed by atoms with Gasteiger partial charge < -0.3 is 13.9 Å². The number of para-hydroxylation sites is 1. The Morgan fingerprint density at radius 1 is 0.690 bits per heavy atom. The van der Waals surface area contributed by atoms with Crippen LogP contribution in [0.25, 0.3) is 11.1 Å². The number of hydrogen-bond acceptors (Lipinski definition) is 4. The first-order valence-corrected chi connectivity index (χ1v) is 9.36. The lowest BCUT2D eigenvalue weighted by molar-refractivity contribution is 0.0432. The number of ether oxygens (including phenoxy) is 2. The SMILES string of the molecule is O=C(OCc1ccc(-c2ccccc2)cc1)c1ccc(COc2ccccc2)o1. The number of furan rings is 1. The number of carbonyl (C=O) groups is 1. The monoisotopic (exact) mass is 384 g/mol. The van der Waals surface area contributed by atoms with Crippen molar-refractivity contribution in [2.75, 3.05) is 0 Å². The van der Waals surface area contributed by atoms with E-state index in [2.05, 4.69) is 12.1 Å². The number of hydrogen-bond donors (Lipinski definition) is 0. The predicted molar refractivity (Wildman–Crippen MR) is 110 cm³/mol. The van der Waals surface area contributed by atoms with Crippen LogP contribution in [0, 0.1) is 0 Å². The lowest BCUT2D eigenvalue weighted by Crippen LogP contribution is -2.04. The second-order valence-electron chi connectivity index (χ2n) is 6.51. The Balaban J connectivity index is 1.30. The van der Waals surface area contributed by atoms with Crippen LogP contribution in [-0.2, 0) is 18.0 Å². The van der Waals surface area contributed by atoms with Gasteiger partial charge in [0, 0.05) is 0 Å². The van der Waals surface area contributed by atoms with E-state index in [0.717, 1.165) is 22.4 Å². The van der Waals surface area contributed by atoms with Crippen LogP contribution in [0.3, 0.4) is 0 Å². The predicted octanol–water partition coefficient (Wildman–Crippen LogP) is 5.88. The van der Waals surface area contributed by atoms with Crippen LogP contribution in [0.4, 0.5) is 0 Å². The standard InChI is InChI=1S/C25H20O4/c26-25(24-16-15-23(29-24)18-27-22-9-5-2-6-10-22)28-17-19-11-13-21(14-12-19)20-7-3-1-4-8-20/h1-16H,17-18H2. The van der Waals surface area contributed by atoms with Crippen LogP contribution < -0.4 is 4.74 Å². The Hall–Kier alpha value is -3.79. The van der Waals surface area contributed by atoms with E-state index in [9.17, 15) is 4.79 Å². The molecule has 4 rings (SSSR count). The second-order valence-corrected chi connectivity index (χ2v) is 6.51. The maximum atomic E-state index is 12.2. The lowest BCUT2D eigenvalue weighted by Gasteiger charge is -2.06. The molecule has 4 aromatic rings. The van der Waals surface area contributed by atoms with Crippen molar-refractivity contribution in [2.45, 2.75) is 13.2 Å². The molecule has 3 aromatic carbocycles. The molecule has 0 aliphatic heterocycles. The first-order chi connectivity index (χ1) is 14.3. The van der Waals surface area contributed by atoms with Gasteiger partial charge in [0.25, 0.3) is 0 Å². The van der Waals surface area contributed by atoms with E-state index in [0.29, 0.717) is 5.76 Å². The van der Waals surface area contributed by atoms with Crippen molar-refractivity contribution in [3.8, 4) is 16.9 Å². The number of esters is 1. The van der Waals surface area contributed by atoms with Crippen LogP contribution in [0.2, 0.25) is 0 Å². The molecular weight excluding hydrogens is 364 g/mol. The second kappa shape index (κ2) is 8.93. The maximum Gasteiger partial charge on any atom is 0.374 e. The number of rotatable bonds is 7. The molecule has 0 aliphatic rings. The Bertz CT molecular complexity index is 1050. The average Bonchev–Trinajstić information content (AvgIpc) is 3.27. The number of benzene rings is 3. The van der Waals surface area contributed by atoms with Gasteiger partial charge in [-0.05, 0) is 41.0 Å². The normalized spacial score (nSPS) is 10.5. The summed E-state index contributed by atoms with van der Waals surface area (Å²) in [6.45, 7) is 0.433. The zero-order chi connectivity index (χ0) is 19.9. The molecule has 0 N–H and O–H groups in total. The van der Waals surface area contributed by atoms with Gasteiger partial charge in [0.05, 0.1) is 0 Å². The molecule has 4 nitrogen and oxygen atoms in total. The summed E-state index contributed by atoms with van der Waals surface area (Å²) in [5.74, 6) is 0.973. The number of carbonyl (C=O) groups excluding carboxylic acids is 1. The van der Waals surface area contributed by atoms with Gasteiger partial charge in [-0.25, -0.2) is 4.79 Å². The van der Waals surface area contributed by atoms with Crippen LogP contribution in [0.15, 0.2) is 101 Å². The largest absolute Gasteiger partial charge is 0.486 e. The summed E-state index contributed by atoms with van der Waals surface area (Å²) in [6, 6.07) is 30.8. The Labute approximate surface area is 169 Å². The summed E-state index contributed by atoms with van der Waals surface area (Å²) in [6.07, 6.45) is 0. The van der Waals surface area contributed by atoms with Crippen LogP contribution in [-0.4, -0.2) is 5.97 Å². The summed E-state index contributed by atoms with van der Waals surface area (Å²) in [7, 11) is 0. The molecule has 144 valence electrons. The zero-order valence-electron chi connectivity index (χ0n) is 15.8. The van der Waals surface area contributed by atoms with Gasteiger partial charge in [-0.2, -0.15) is 0 Å². The summed E-state index contributed by atoms with van der Waals surface area (Å²) in [5, 5.41) is 0. The molecule has 29 heavy (non-hydrogen) atoms. The van der Waals surface area contributed by atoms with Crippen molar-refractivity contribution in [1.29, 1.82) is 0 Å². The minimum absolute atomic E-state index is 0.164. The molecule has 0 bridgehead atoms. The molecule has 0 unspecified atom stereocenters. The molecule has 0 saturated carbocycles. The molecule has 0 fully saturated rings. The first-order valence-electron chi connectivity index (χ1n) is 9.36. The van der Waals surface area contributed by atoms with Crippen molar-refractivity contribution in [3.05, 3.63) is 114 Å². The van der Waals surface area contributed by atoms with E-state index < -0.39 is 5.97 Å². The average molecular weight is 384 g/mol. The third-order valence-electron chi connectivity index (χ3n) is 4.42. The fraction of sp³-hybridized carbons (Fsp3) is 0.0800. The highest BCUT2D eigenvalue weighted by molar-refractivity contribution is 5.86. The van der Waals surface area contributed by atoms with E-state index >= 15 is 0 Å². The van der Waals surface area contributed by atoms with Gasteiger partial charge in [-0.3, -0.25) is 0 Å². The lowest BCUT2D eigenvalue weighted by atomic mass is 10.0. The van der Waals surface area contributed by atoms with Crippen LogP contribution in [0.1, 0.15) is 21.9 Å². The minimum atomic E-state index is -0.497. The van der Waals surface area contributed by atoms with Gasteiger partial charge in [-0.15, -0.1) is 0 Å². The molecule has 1 heterocycles. The highest BCUT2D eigenvalue weighted by atomic mass is 16.5. The topological polar surface area (TPSA) is 48.7 Å². The minimum Gasteiger partial charge on any atom is -0.486 e. The summed E-state index contributed by atoms with van der Waals surface area (Å²) in [4.78, 5) is 12.2. The van der Waals surface area contributed by atoms with Gasteiger partial charge in [-0.1, -0.05) is 72.8 Å². The third-order valence-corrected chi connectivity index (χ3v) is 4.42. The Kier molecular flexibility index (Phi) is 5.72. The molecule has 0 aliphatic carbocycles. The maximum absolute atomic E-state index is 12.2. The molecule has 0 saturated heterocycles. The zero-order valence-corrected chi connectivity index (χ0v) is 15.8. The third kappa shape index (κ3) is 4.93. The quantitative estimate of drug-likeness (QED) is 0.373. The van der Waals surface area contributed by atoms with Gasteiger partial charge in [0.2, 0.25) is 5.76 Å². The van der Waals surface area contributed by atoms with Gasteiger partial charge in [0.1, 0.15) is 24.7 Å². The van der Waals surface area contributed by atoms with E-state index in [1.165, 1.54) is 0 Å². The van der Waals surface area contributed by atoms with Crippen LogP contribution in [0.5, 0.6) is 5.75 Å². The highest BCUT2D eigenvalue weighted by Gasteiger charge is 2.13. The fourth-order valence-electron chi connectivity index (χ4n) is 2.88. The van der Waals surface area contributed by atoms with E-state index in [1.807, 2.05) is 72.8 Å². The van der Waals surface area contributed by atoms with Gasteiger partial charge in [0.15, 0.2) is 0 Å². The van der Waals surface area contributed by atoms with Crippen molar-refractivity contribution in [1.82, 2.24) is 0 Å². The Morgan fingerprint density at radius 3 is 2.07 bits per heavy atom. The molecule has 0 spiro atoms. The molecular formula is C25H20O4. The van der Waals surface area contributed by atoms with E-state index in [-0.39, 0.29) is 19.0 Å². The van der Waals surface area contributed by atoms with Crippen molar-refractivity contribution >= 4 is 5.97 Å². The van der Waals surface area contributed by atoms with Crippen molar-refractivity contribution in [2.24, 2.45) is 0 Å². The fourth-order valence-corrected chi connectivity index (χ4v) is 2.88. The molecule has 0 amide bonds. The molecule has 4 heteroatoms. The van der Waals surface area contributed by atoms with Crippen molar-refractivity contribution in [3.63, 3.8) is 0 Å². The van der Waals surface area contributed by atoms with E-state index in [4.69, 9.17) is 13.9 Å². The Morgan fingerprint density at radius 2 is 1.34 bits per heavy atom. The first kappa shape index (κ1) is 18.6. The smallest absolute Gasteiger partial charge is 0.374 e. The highest BCUT2D eigenvalue weighted by Crippen LogP contribution is 2.20. The van der Waals surface area contributed by atoms with Gasteiger partial charge >= 0.3 is 5.97 Å². The summed E-state index contributed by atoms with van der Waals surface area (Å²) < 4.78 is 16.5.